The van der Waals surface area contributed by atoms with Crippen LogP contribution in [0.15, 0.2) is 150 Å². The largest absolute Gasteiger partial charge is 0.440 e. The normalized spacial score (nSPS) is 14.7. The first-order valence-corrected chi connectivity index (χ1v) is 19.6. The van der Waals surface area contributed by atoms with E-state index in [0.29, 0.717) is 0 Å². The van der Waals surface area contributed by atoms with Gasteiger partial charge in [0.05, 0.1) is 11.4 Å². The molecule has 0 unspecified atom stereocenters. The van der Waals surface area contributed by atoms with Crippen molar-refractivity contribution < 1.29 is 4.42 Å². The summed E-state index contributed by atoms with van der Waals surface area (Å²) in [5.74, 6) is 0.899. The third kappa shape index (κ3) is 3.92. The van der Waals surface area contributed by atoms with Gasteiger partial charge in [0.1, 0.15) is 5.58 Å². The van der Waals surface area contributed by atoms with Gasteiger partial charge in [-0.1, -0.05) is 150 Å². The van der Waals surface area contributed by atoms with Crippen molar-refractivity contribution in [2.24, 2.45) is 0 Å². The number of benzene rings is 7. The second kappa shape index (κ2) is 10.5. The molecule has 2 aromatic heterocycles. The molecule has 0 spiro atoms. The smallest absolute Gasteiger partial charge is 0.337 e. The molecule has 1 aliphatic carbocycles. The highest BCUT2D eigenvalue weighted by molar-refractivity contribution is 6.91. The number of hydrogen-bond acceptors (Lipinski definition) is 2. The molecule has 0 bridgehead atoms. The SMILES string of the molecule is CC(C)(C)c1ccc(N2c3oc4ccccc4c3B3c4c(cc5c(c42)C(C)(C)c2ccccc2-5)-c2cccc4c5ccccc5n3c24)c(-c2ccccc2)c1. The van der Waals surface area contributed by atoms with E-state index in [1.807, 2.05) is 0 Å². The van der Waals surface area contributed by atoms with Gasteiger partial charge in [-0.15, -0.1) is 0 Å². The minimum atomic E-state index is -0.272. The van der Waals surface area contributed by atoms with Gasteiger partial charge in [-0.3, -0.25) is 4.90 Å². The average Bonchev–Trinajstić information content (AvgIpc) is 3.83. The van der Waals surface area contributed by atoms with E-state index in [4.69, 9.17) is 4.42 Å². The summed E-state index contributed by atoms with van der Waals surface area (Å²) in [4.78, 5) is 2.53. The van der Waals surface area contributed by atoms with Gasteiger partial charge in [0.25, 0.3) is 0 Å². The summed E-state index contributed by atoms with van der Waals surface area (Å²) in [5.41, 5.74) is 19.7. The van der Waals surface area contributed by atoms with E-state index in [0.717, 1.165) is 22.5 Å². The molecular formula is C51H39BN2O. The Hall–Kier alpha value is -6.26. The molecule has 9 aromatic rings. The Bertz CT molecular complexity index is 3120. The van der Waals surface area contributed by atoms with E-state index in [9.17, 15) is 0 Å². The summed E-state index contributed by atoms with van der Waals surface area (Å²) < 4.78 is 9.93. The lowest BCUT2D eigenvalue weighted by molar-refractivity contribution is 0.590. The Labute approximate surface area is 321 Å². The Morgan fingerprint density at radius 2 is 1.29 bits per heavy atom. The zero-order valence-electron chi connectivity index (χ0n) is 31.7. The van der Waals surface area contributed by atoms with Crippen molar-refractivity contribution in [1.82, 2.24) is 4.48 Å². The first-order chi connectivity index (χ1) is 26.7. The average molecular weight is 707 g/mol. The highest BCUT2D eigenvalue weighted by Crippen LogP contribution is 2.58. The predicted molar refractivity (Wildman–Crippen MR) is 231 cm³/mol. The van der Waals surface area contributed by atoms with Crippen LogP contribution in [0, 0.1) is 0 Å². The molecule has 7 aromatic carbocycles. The first-order valence-electron chi connectivity index (χ1n) is 19.6. The zero-order valence-corrected chi connectivity index (χ0v) is 31.7. The number of rotatable bonds is 2. The van der Waals surface area contributed by atoms with Crippen LogP contribution in [-0.4, -0.2) is 11.3 Å². The Morgan fingerprint density at radius 1 is 0.582 bits per heavy atom. The molecule has 0 saturated heterocycles. The maximum atomic E-state index is 7.29. The van der Waals surface area contributed by atoms with E-state index < -0.39 is 0 Å². The summed E-state index contributed by atoms with van der Waals surface area (Å²) in [7, 11) is 0. The minimum Gasteiger partial charge on any atom is -0.440 e. The molecule has 4 heteroatoms. The summed E-state index contributed by atoms with van der Waals surface area (Å²) in [6.07, 6.45) is 0. The maximum Gasteiger partial charge on any atom is 0.337 e. The fourth-order valence-corrected chi connectivity index (χ4v) is 10.5. The van der Waals surface area contributed by atoms with Gasteiger partial charge in [-0.05, 0) is 80.2 Å². The van der Waals surface area contributed by atoms with Crippen molar-refractivity contribution >= 4 is 67.8 Å². The van der Waals surface area contributed by atoms with Crippen molar-refractivity contribution in [3.05, 3.63) is 162 Å². The van der Waals surface area contributed by atoms with Crippen molar-refractivity contribution in [2.45, 2.75) is 45.4 Å². The zero-order chi connectivity index (χ0) is 37.0. The molecular weight excluding hydrogens is 667 g/mol. The molecule has 2 aliphatic heterocycles. The number of aromatic nitrogens is 1. The molecule has 0 radical (unpaired) electrons. The van der Waals surface area contributed by atoms with E-state index in [-0.39, 0.29) is 17.7 Å². The predicted octanol–water partition coefficient (Wildman–Crippen LogP) is 12.2. The van der Waals surface area contributed by atoms with Crippen molar-refractivity contribution in [3.8, 4) is 33.4 Å². The van der Waals surface area contributed by atoms with Crippen LogP contribution >= 0.6 is 0 Å². The van der Waals surface area contributed by atoms with Crippen LogP contribution in [0.4, 0.5) is 17.3 Å². The Morgan fingerprint density at radius 3 is 2.13 bits per heavy atom. The number of para-hydroxylation sites is 3. The van der Waals surface area contributed by atoms with Crippen LogP contribution in [0.3, 0.4) is 0 Å². The van der Waals surface area contributed by atoms with E-state index in [1.165, 1.54) is 88.5 Å². The van der Waals surface area contributed by atoms with Gasteiger partial charge in [-0.25, -0.2) is 0 Å². The minimum absolute atomic E-state index is 0.0269. The first kappa shape index (κ1) is 31.1. The quantitative estimate of drug-likeness (QED) is 0.167. The Kier molecular flexibility index (Phi) is 5.94. The van der Waals surface area contributed by atoms with Crippen LogP contribution < -0.4 is 15.8 Å². The van der Waals surface area contributed by atoms with Gasteiger partial charge in [-0.2, -0.15) is 0 Å². The highest BCUT2D eigenvalue weighted by Gasteiger charge is 2.51. The molecule has 55 heavy (non-hydrogen) atoms. The van der Waals surface area contributed by atoms with Gasteiger partial charge in [0.15, 0.2) is 0 Å². The van der Waals surface area contributed by atoms with Gasteiger partial charge < -0.3 is 8.90 Å². The van der Waals surface area contributed by atoms with E-state index in [2.05, 4.69) is 190 Å². The fraction of sp³-hybridized carbons (Fsp3) is 0.137. The van der Waals surface area contributed by atoms with Crippen LogP contribution in [0.2, 0.25) is 0 Å². The van der Waals surface area contributed by atoms with Crippen molar-refractivity contribution in [3.63, 3.8) is 0 Å². The second-order valence-corrected chi connectivity index (χ2v) is 17.3. The third-order valence-corrected chi connectivity index (χ3v) is 12.9. The summed E-state index contributed by atoms with van der Waals surface area (Å²) in [6.45, 7) is 11.7. The molecule has 4 heterocycles. The lowest BCUT2D eigenvalue weighted by Crippen LogP contribution is -2.57. The number of hydrogen-bond donors (Lipinski definition) is 0. The van der Waals surface area contributed by atoms with Crippen LogP contribution in [-0.2, 0) is 10.8 Å². The van der Waals surface area contributed by atoms with Crippen molar-refractivity contribution in [1.29, 1.82) is 0 Å². The maximum absolute atomic E-state index is 7.29. The standard InChI is InChI=1S/C51H39BN2O/c1-50(2,3)31-26-27-41(37(28-31)30-16-7-6-8-17-30)53-48-44-38(32-18-9-12-23-40(32)51(44,4)5)29-39-35-22-15-21-34-33-19-10-13-24-42(33)54(47(34)35)52(45(39)48)46-36-20-11-14-25-43(36)55-49(46)53/h6-29H,1-5H3. The highest BCUT2D eigenvalue weighted by atomic mass is 16.4. The third-order valence-electron chi connectivity index (χ3n) is 12.9. The molecule has 262 valence electrons. The van der Waals surface area contributed by atoms with Crippen LogP contribution in [0.25, 0.3) is 66.2 Å². The van der Waals surface area contributed by atoms with Crippen LogP contribution in [0.5, 0.6) is 0 Å². The van der Waals surface area contributed by atoms with E-state index in [1.54, 1.807) is 0 Å². The lowest BCUT2D eigenvalue weighted by Gasteiger charge is -2.42. The molecule has 3 aliphatic rings. The molecule has 0 amide bonds. The molecule has 12 rings (SSSR count). The lowest BCUT2D eigenvalue weighted by atomic mass is 9.44. The molecule has 3 nitrogen and oxygen atoms in total. The van der Waals surface area contributed by atoms with Gasteiger partial charge in [0, 0.05) is 49.2 Å². The fourth-order valence-electron chi connectivity index (χ4n) is 10.5. The van der Waals surface area contributed by atoms with Gasteiger partial charge in [0.2, 0.25) is 5.88 Å². The second-order valence-electron chi connectivity index (χ2n) is 17.3. The number of fused-ring (bicyclic) bond motifs is 13. The topological polar surface area (TPSA) is 21.3 Å². The number of nitrogens with zero attached hydrogens (tertiary/aromatic N) is 2. The number of furan rings is 1. The van der Waals surface area contributed by atoms with Gasteiger partial charge >= 0.3 is 6.85 Å². The summed E-state index contributed by atoms with van der Waals surface area (Å²) >= 11 is 0. The van der Waals surface area contributed by atoms with Crippen molar-refractivity contribution in [2.75, 3.05) is 4.90 Å². The molecule has 0 saturated carbocycles. The monoisotopic (exact) mass is 706 g/mol. The molecule has 0 fully saturated rings. The van der Waals surface area contributed by atoms with Crippen LogP contribution in [0.1, 0.15) is 51.3 Å². The summed E-state index contributed by atoms with van der Waals surface area (Å²) in [6, 6.07) is 54.2. The molecule has 0 N–H and O–H groups in total. The van der Waals surface area contributed by atoms with E-state index >= 15 is 0 Å². The number of anilines is 3. The molecule has 0 atom stereocenters. The Balaban J connectivity index is 1.31. The summed E-state index contributed by atoms with van der Waals surface area (Å²) in [5, 5.41) is 3.74.